The first kappa shape index (κ1) is 38.8. The van der Waals surface area contributed by atoms with E-state index in [0.29, 0.717) is 29.0 Å². The Labute approximate surface area is 389 Å². The van der Waals surface area contributed by atoms with Gasteiger partial charge in [0.1, 0.15) is 0 Å². The van der Waals surface area contributed by atoms with Crippen LogP contribution in [-0.4, -0.2) is 26.5 Å². The lowest BCUT2D eigenvalue weighted by molar-refractivity contribution is 0.846. The molecule has 0 bridgehead atoms. The molecule has 1 unspecified atom stereocenters. The van der Waals surface area contributed by atoms with Crippen LogP contribution < -0.4 is 0 Å². The first-order chi connectivity index (χ1) is 33.0. The number of amidine groups is 1. The first-order valence-corrected chi connectivity index (χ1v) is 22.9. The van der Waals surface area contributed by atoms with Gasteiger partial charge in [-0.15, -0.1) is 0 Å². The predicted molar refractivity (Wildman–Crippen MR) is 277 cm³/mol. The van der Waals surface area contributed by atoms with Crippen molar-refractivity contribution in [2.75, 3.05) is 0 Å². The second kappa shape index (κ2) is 15.5. The zero-order valence-corrected chi connectivity index (χ0v) is 36.8. The molecule has 3 aliphatic carbocycles. The standard InChI is InChI=1S/C62H41N5/c1-37(39-17-7-3-8-18-39)63-59(40-19-9-4-10-20-40)64-38(2)43-29-31-45-51(33-43)47-25-15-27-49-54-36-56-46-32-30-44(34-52(46)48-26-16-28-50(58(48)56)53(54)35-55(45)57(47)49)62-66-60(41-21-11-5-12-22-41)65-61(67-62)42-23-13-6-14-24-42/h3-25,27-36,48H,2,26H2,1H3. The van der Waals surface area contributed by atoms with Crippen LogP contribution >= 0.6 is 0 Å². The molecule has 0 spiro atoms. The minimum absolute atomic E-state index is 0.233. The van der Waals surface area contributed by atoms with Crippen LogP contribution in [0.1, 0.15) is 52.6 Å². The van der Waals surface area contributed by atoms with Gasteiger partial charge in [-0.1, -0.05) is 183 Å². The maximum absolute atomic E-state index is 5.11. The van der Waals surface area contributed by atoms with Gasteiger partial charge in [-0.3, -0.25) is 0 Å². The van der Waals surface area contributed by atoms with Crippen molar-refractivity contribution in [1.29, 1.82) is 0 Å². The molecular weight excluding hydrogens is 815 g/mol. The van der Waals surface area contributed by atoms with E-state index in [1.54, 1.807) is 0 Å². The van der Waals surface area contributed by atoms with E-state index in [-0.39, 0.29) is 5.92 Å². The number of hydrogen-bond donors (Lipinski definition) is 0. The Balaban J connectivity index is 0.906. The molecule has 0 N–H and O–H groups in total. The van der Waals surface area contributed by atoms with Crippen LogP contribution in [-0.2, 0) is 0 Å². The summed E-state index contributed by atoms with van der Waals surface area (Å²) in [6.45, 7) is 6.54. The topological polar surface area (TPSA) is 63.4 Å². The number of hydrogen-bond acceptors (Lipinski definition) is 4. The average molecular weight is 856 g/mol. The highest BCUT2D eigenvalue weighted by Crippen LogP contribution is 2.56. The Kier molecular flexibility index (Phi) is 8.97. The summed E-state index contributed by atoms with van der Waals surface area (Å²) in [5.41, 5.74) is 19.0. The van der Waals surface area contributed by atoms with Gasteiger partial charge in [-0.2, -0.15) is 0 Å². The fraction of sp³-hybridized carbons (Fsp3) is 0.0484. The number of allylic oxidation sites excluding steroid dienone is 1. The van der Waals surface area contributed by atoms with Gasteiger partial charge in [0.05, 0.1) is 5.70 Å². The summed E-state index contributed by atoms with van der Waals surface area (Å²) in [6.07, 6.45) is 5.67. The summed E-state index contributed by atoms with van der Waals surface area (Å²) in [7, 11) is 0. The van der Waals surface area contributed by atoms with Crippen LogP contribution in [0.2, 0.25) is 0 Å². The van der Waals surface area contributed by atoms with Crippen LogP contribution in [0.3, 0.4) is 0 Å². The number of benzene rings is 9. The van der Waals surface area contributed by atoms with Crippen LogP contribution in [0, 0.1) is 0 Å². The zero-order chi connectivity index (χ0) is 44.6. The first-order valence-electron chi connectivity index (χ1n) is 22.9. The van der Waals surface area contributed by atoms with E-state index < -0.39 is 0 Å². The number of fused-ring (bicyclic) bond motifs is 9. The minimum atomic E-state index is 0.233. The van der Waals surface area contributed by atoms with E-state index in [9.17, 15) is 0 Å². The van der Waals surface area contributed by atoms with E-state index in [1.807, 2.05) is 79.7 Å². The monoisotopic (exact) mass is 855 g/mol. The molecule has 1 atom stereocenters. The molecule has 1 heterocycles. The third-order valence-corrected chi connectivity index (χ3v) is 13.7. The Morgan fingerprint density at radius 1 is 0.478 bits per heavy atom. The highest BCUT2D eigenvalue weighted by Gasteiger charge is 2.34. The third kappa shape index (κ3) is 6.42. The Hall–Kier alpha value is -8.67. The molecule has 0 amide bonds. The summed E-state index contributed by atoms with van der Waals surface area (Å²) in [6, 6.07) is 66.0. The number of nitrogens with zero attached hydrogens (tertiary/aromatic N) is 5. The molecule has 67 heavy (non-hydrogen) atoms. The molecule has 10 aromatic rings. The van der Waals surface area contributed by atoms with Crippen molar-refractivity contribution in [2.24, 2.45) is 9.98 Å². The SMILES string of the molecule is C=C(N=C(N=C(C)c1ccccc1)c1ccccc1)c1ccc2c(c1)-c1cccc3c1c-2cc1c2c4c(cc13)-c1ccc(-c3nc(-c5ccccc5)nc(-c5ccccc5)n3)cc1C4CC=C2. The van der Waals surface area contributed by atoms with Gasteiger partial charge in [0.15, 0.2) is 23.3 Å². The predicted octanol–water partition coefficient (Wildman–Crippen LogP) is 15.3. The molecule has 0 saturated carbocycles. The van der Waals surface area contributed by atoms with E-state index in [4.69, 9.17) is 24.9 Å². The van der Waals surface area contributed by atoms with Gasteiger partial charge in [0.2, 0.25) is 0 Å². The van der Waals surface area contributed by atoms with Gasteiger partial charge < -0.3 is 0 Å². The van der Waals surface area contributed by atoms with Crippen molar-refractivity contribution in [3.05, 3.63) is 234 Å². The Morgan fingerprint density at radius 2 is 1.10 bits per heavy atom. The number of aromatic nitrogens is 3. The molecule has 314 valence electrons. The van der Waals surface area contributed by atoms with Gasteiger partial charge in [0.25, 0.3) is 0 Å². The summed E-state index contributed by atoms with van der Waals surface area (Å²) in [4.78, 5) is 25.3. The molecule has 5 nitrogen and oxygen atoms in total. The fourth-order valence-corrected chi connectivity index (χ4v) is 10.5. The van der Waals surface area contributed by atoms with E-state index >= 15 is 0 Å². The van der Waals surface area contributed by atoms with Crippen molar-refractivity contribution in [3.63, 3.8) is 0 Å². The van der Waals surface area contributed by atoms with Gasteiger partial charge >= 0.3 is 0 Å². The van der Waals surface area contributed by atoms with Crippen LogP contribution in [0.4, 0.5) is 0 Å². The van der Waals surface area contributed by atoms with Crippen LogP contribution in [0.5, 0.6) is 0 Å². The van der Waals surface area contributed by atoms with Gasteiger partial charge in [-0.05, 0) is 115 Å². The second-order valence-electron chi connectivity index (χ2n) is 17.6. The fourth-order valence-electron chi connectivity index (χ4n) is 10.5. The molecule has 13 rings (SSSR count). The molecule has 3 aliphatic rings. The Morgan fingerprint density at radius 3 is 1.81 bits per heavy atom. The molecule has 0 radical (unpaired) electrons. The molecule has 0 fully saturated rings. The number of rotatable bonds is 7. The molecule has 9 aromatic carbocycles. The van der Waals surface area contributed by atoms with E-state index in [1.165, 1.54) is 71.6 Å². The average Bonchev–Trinajstić information content (AvgIpc) is 3.89. The van der Waals surface area contributed by atoms with Crippen molar-refractivity contribution in [3.8, 4) is 67.5 Å². The van der Waals surface area contributed by atoms with E-state index in [2.05, 4.69) is 134 Å². The summed E-state index contributed by atoms with van der Waals surface area (Å²) >= 11 is 0. The summed E-state index contributed by atoms with van der Waals surface area (Å²) in [5, 5.41) is 5.12. The molecule has 0 saturated heterocycles. The summed E-state index contributed by atoms with van der Waals surface area (Å²) < 4.78 is 0. The highest BCUT2D eigenvalue weighted by molar-refractivity contribution is 6.25. The third-order valence-electron chi connectivity index (χ3n) is 13.7. The van der Waals surface area contributed by atoms with Crippen LogP contribution in [0.15, 0.2) is 211 Å². The zero-order valence-electron chi connectivity index (χ0n) is 36.8. The molecular formula is C62H41N5. The van der Waals surface area contributed by atoms with Gasteiger partial charge in [0, 0.05) is 39.4 Å². The maximum atomic E-state index is 5.11. The summed E-state index contributed by atoms with van der Waals surface area (Å²) in [5.74, 6) is 2.87. The molecule has 1 aromatic heterocycles. The smallest absolute Gasteiger partial charge is 0.164 e. The van der Waals surface area contributed by atoms with Gasteiger partial charge in [-0.25, -0.2) is 24.9 Å². The highest BCUT2D eigenvalue weighted by atomic mass is 15.0. The lowest BCUT2D eigenvalue weighted by Crippen LogP contribution is -2.04. The molecule has 0 aliphatic heterocycles. The van der Waals surface area contributed by atoms with Crippen molar-refractivity contribution in [2.45, 2.75) is 19.3 Å². The van der Waals surface area contributed by atoms with Crippen molar-refractivity contribution < 1.29 is 0 Å². The van der Waals surface area contributed by atoms with Crippen molar-refractivity contribution in [1.82, 2.24) is 15.0 Å². The minimum Gasteiger partial charge on any atom is -0.233 e. The van der Waals surface area contributed by atoms with E-state index in [0.717, 1.165) is 45.5 Å². The normalized spacial score (nSPS) is 14.3. The lowest BCUT2D eigenvalue weighted by Gasteiger charge is -2.21. The van der Waals surface area contributed by atoms with Crippen LogP contribution in [0.25, 0.3) is 101 Å². The number of aliphatic imine (C=N–C) groups is 2. The lowest BCUT2D eigenvalue weighted by atomic mass is 9.82. The quantitative estimate of drug-likeness (QED) is 0.0911. The second-order valence-corrected chi connectivity index (χ2v) is 17.6. The maximum Gasteiger partial charge on any atom is 0.164 e. The van der Waals surface area contributed by atoms with Crippen molar-refractivity contribution >= 4 is 44.9 Å². The molecule has 5 heteroatoms. The largest absolute Gasteiger partial charge is 0.233 e. The Bertz CT molecular complexity index is 3720.